The topological polar surface area (TPSA) is 35.8 Å². The highest BCUT2D eigenvalue weighted by Crippen LogP contribution is 2.24. The molecule has 5 heteroatoms. The van der Waals surface area contributed by atoms with Crippen molar-refractivity contribution in [2.75, 3.05) is 5.32 Å². The second-order valence-corrected chi connectivity index (χ2v) is 5.24. The predicted octanol–water partition coefficient (Wildman–Crippen LogP) is 4.13. The Morgan fingerprint density at radius 1 is 1.41 bits per heavy atom. The average Bonchev–Trinajstić information content (AvgIpc) is 2.76. The predicted molar refractivity (Wildman–Crippen MR) is 70.5 cm³/mol. The quantitative estimate of drug-likeness (QED) is 0.925. The number of benzene rings is 1. The van der Waals surface area contributed by atoms with Gasteiger partial charge in [-0.1, -0.05) is 0 Å². The first kappa shape index (κ1) is 12.1. The first-order valence-corrected chi connectivity index (χ1v) is 6.53. The van der Waals surface area contributed by atoms with Crippen LogP contribution in [0.15, 0.2) is 34.1 Å². The largest absolute Gasteiger partial charge is 0.379 e. The van der Waals surface area contributed by atoms with Crippen LogP contribution in [-0.2, 0) is 6.54 Å². The molecule has 0 unspecified atom stereocenters. The summed E-state index contributed by atoms with van der Waals surface area (Å²) in [6.07, 6.45) is 0. The lowest BCUT2D eigenvalue weighted by atomic mass is 10.3. The molecule has 0 amide bonds. The van der Waals surface area contributed by atoms with Crippen molar-refractivity contribution < 1.29 is 4.39 Å². The Kier molecular flexibility index (Phi) is 3.77. The molecule has 1 N–H and O–H groups in total. The van der Waals surface area contributed by atoms with Gasteiger partial charge in [0.2, 0.25) is 0 Å². The molecule has 17 heavy (non-hydrogen) atoms. The van der Waals surface area contributed by atoms with Gasteiger partial charge in [0.05, 0.1) is 5.56 Å². The molecular weight excluding hydrogens is 303 g/mol. The Morgan fingerprint density at radius 2 is 2.24 bits per heavy atom. The van der Waals surface area contributed by atoms with E-state index in [-0.39, 0.29) is 5.82 Å². The standard InChI is InChI=1S/C12H8BrFN2S/c13-11-4-9(14)1-2-12(11)16-6-10-3-8(5-15)7-17-10/h1-4,7,16H,6H2. The van der Waals surface area contributed by atoms with E-state index in [1.165, 1.54) is 23.5 Å². The summed E-state index contributed by atoms with van der Waals surface area (Å²) in [6, 6.07) is 8.43. The summed E-state index contributed by atoms with van der Waals surface area (Å²) in [5, 5.41) is 13.7. The fourth-order valence-corrected chi connectivity index (χ4v) is 2.59. The number of hydrogen-bond donors (Lipinski definition) is 1. The lowest BCUT2D eigenvalue weighted by Gasteiger charge is -2.06. The second kappa shape index (κ2) is 5.30. The zero-order valence-electron chi connectivity index (χ0n) is 8.71. The third-order valence-corrected chi connectivity index (χ3v) is 3.76. The zero-order valence-corrected chi connectivity index (χ0v) is 11.1. The van der Waals surface area contributed by atoms with Gasteiger partial charge in [0, 0.05) is 27.0 Å². The van der Waals surface area contributed by atoms with Gasteiger partial charge >= 0.3 is 0 Å². The van der Waals surface area contributed by atoms with Crippen molar-refractivity contribution in [2.45, 2.75) is 6.54 Å². The highest BCUT2D eigenvalue weighted by molar-refractivity contribution is 9.10. The highest BCUT2D eigenvalue weighted by atomic mass is 79.9. The molecule has 86 valence electrons. The molecule has 0 aliphatic heterocycles. The average molecular weight is 311 g/mol. The molecular formula is C12H8BrFN2S. The number of rotatable bonds is 3. The summed E-state index contributed by atoms with van der Waals surface area (Å²) in [5.74, 6) is -0.273. The van der Waals surface area contributed by atoms with Gasteiger partial charge in [-0.05, 0) is 40.2 Å². The number of halogens is 2. The molecule has 2 rings (SSSR count). The minimum Gasteiger partial charge on any atom is -0.379 e. The minimum atomic E-state index is -0.273. The molecule has 0 atom stereocenters. The van der Waals surface area contributed by atoms with Crippen LogP contribution in [0.1, 0.15) is 10.4 Å². The van der Waals surface area contributed by atoms with Crippen LogP contribution < -0.4 is 5.32 Å². The van der Waals surface area contributed by atoms with E-state index in [1.54, 1.807) is 6.07 Å². The summed E-state index contributed by atoms with van der Waals surface area (Å²) < 4.78 is 13.6. The summed E-state index contributed by atoms with van der Waals surface area (Å²) in [5.41, 5.74) is 1.50. The molecule has 0 spiro atoms. The third kappa shape index (κ3) is 3.05. The maximum atomic E-state index is 12.9. The normalized spacial score (nSPS) is 9.94. The van der Waals surface area contributed by atoms with E-state index in [2.05, 4.69) is 27.3 Å². The van der Waals surface area contributed by atoms with E-state index >= 15 is 0 Å². The molecule has 0 fully saturated rings. The number of thiophene rings is 1. The Labute approximate surface area is 111 Å². The molecule has 2 nitrogen and oxygen atoms in total. The number of hydrogen-bond acceptors (Lipinski definition) is 3. The van der Waals surface area contributed by atoms with Crippen molar-refractivity contribution in [3.8, 4) is 6.07 Å². The van der Waals surface area contributed by atoms with Crippen LogP contribution in [0.25, 0.3) is 0 Å². The monoisotopic (exact) mass is 310 g/mol. The van der Waals surface area contributed by atoms with Crippen molar-refractivity contribution in [1.82, 2.24) is 0 Å². The molecule has 0 saturated heterocycles. The van der Waals surface area contributed by atoms with Crippen molar-refractivity contribution in [2.24, 2.45) is 0 Å². The van der Waals surface area contributed by atoms with Gasteiger partial charge in [-0.2, -0.15) is 5.26 Å². The van der Waals surface area contributed by atoms with E-state index < -0.39 is 0 Å². The van der Waals surface area contributed by atoms with Gasteiger partial charge in [0.15, 0.2) is 0 Å². The Bertz CT molecular complexity index is 574. The third-order valence-electron chi connectivity index (χ3n) is 2.17. The lowest BCUT2D eigenvalue weighted by molar-refractivity contribution is 0.627. The molecule has 2 aromatic rings. The Hall–Kier alpha value is -1.38. The van der Waals surface area contributed by atoms with Gasteiger partial charge in [-0.15, -0.1) is 11.3 Å². The summed E-state index contributed by atoms with van der Waals surface area (Å²) in [4.78, 5) is 1.07. The van der Waals surface area contributed by atoms with Crippen LogP contribution >= 0.6 is 27.3 Å². The first-order chi connectivity index (χ1) is 8.19. The SMILES string of the molecule is N#Cc1csc(CNc2ccc(F)cc2Br)c1. The summed E-state index contributed by atoms with van der Waals surface area (Å²) >= 11 is 4.82. The molecule has 1 heterocycles. The maximum Gasteiger partial charge on any atom is 0.124 e. The Morgan fingerprint density at radius 3 is 2.88 bits per heavy atom. The van der Waals surface area contributed by atoms with Crippen molar-refractivity contribution in [3.63, 3.8) is 0 Å². The number of nitriles is 1. The molecule has 0 radical (unpaired) electrons. The molecule has 0 saturated carbocycles. The second-order valence-electron chi connectivity index (χ2n) is 3.39. The smallest absolute Gasteiger partial charge is 0.124 e. The Balaban J connectivity index is 2.05. The van der Waals surface area contributed by atoms with E-state index in [4.69, 9.17) is 5.26 Å². The van der Waals surface area contributed by atoms with Crippen molar-refractivity contribution >= 4 is 33.0 Å². The van der Waals surface area contributed by atoms with Gasteiger partial charge in [0.25, 0.3) is 0 Å². The lowest BCUT2D eigenvalue weighted by Crippen LogP contribution is -1.98. The molecule has 0 aliphatic carbocycles. The van der Waals surface area contributed by atoms with E-state index in [0.29, 0.717) is 16.6 Å². The molecule has 0 aliphatic rings. The summed E-state index contributed by atoms with van der Waals surface area (Å²) in [6.45, 7) is 0.622. The van der Waals surface area contributed by atoms with Crippen molar-refractivity contribution in [3.05, 3.63) is 50.4 Å². The molecule has 0 bridgehead atoms. The first-order valence-electron chi connectivity index (χ1n) is 4.85. The maximum absolute atomic E-state index is 12.9. The van der Waals surface area contributed by atoms with Crippen LogP contribution in [0.4, 0.5) is 10.1 Å². The highest BCUT2D eigenvalue weighted by Gasteiger charge is 2.03. The van der Waals surface area contributed by atoms with Crippen molar-refractivity contribution in [1.29, 1.82) is 5.26 Å². The fourth-order valence-electron chi connectivity index (χ4n) is 1.35. The summed E-state index contributed by atoms with van der Waals surface area (Å²) in [7, 11) is 0. The van der Waals surface area contributed by atoms with E-state index in [9.17, 15) is 4.39 Å². The molecule has 1 aromatic carbocycles. The van der Waals surface area contributed by atoms with Crippen LogP contribution in [0.5, 0.6) is 0 Å². The van der Waals surface area contributed by atoms with Gasteiger partial charge in [0.1, 0.15) is 11.9 Å². The number of nitrogens with one attached hydrogen (secondary N) is 1. The zero-order chi connectivity index (χ0) is 12.3. The number of anilines is 1. The minimum absolute atomic E-state index is 0.273. The van der Waals surface area contributed by atoms with Crippen LogP contribution in [-0.4, -0.2) is 0 Å². The van der Waals surface area contributed by atoms with Crippen LogP contribution in [0, 0.1) is 17.1 Å². The number of nitrogens with zero attached hydrogens (tertiary/aromatic N) is 1. The van der Waals surface area contributed by atoms with E-state index in [1.807, 2.05) is 11.4 Å². The van der Waals surface area contributed by atoms with Gasteiger partial charge in [-0.25, -0.2) is 4.39 Å². The van der Waals surface area contributed by atoms with Crippen LogP contribution in [0.3, 0.4) is 0 Å². The fraction of sp³-hybridized carbons (Fsp3) is 0.0833. The van der Waals surface area contributed by atoms with Crippen LogP contribution in [0.2, 0.25) is 0 Å². The van der Waals surface area contributed by atoms with Gasteiger partial charge < -0.3 is 5.32 Å². The van der Waals surface area contributed by atoms with Gasteiger partial charge in [-0.3, -0.25) is 0 Å². The van der Waals surface area contributed by atoms with E-state index in [0.717, 1.165) is 10.6 Å². The molecule has 1 aromatic heterocycles.